The Bertz CT molecular complexity index is 536. The maximum Gasteiger partial charge on any atom is 0.577 e. The van der Waals surface area contributed by atoms with Crippen LogP contribution in [0.25, 0.3) is 0 Å². The summed E-state index contributed by atoms with van der Waals surface area (Å²) in [6.07, 6.45) is -0.179. The van der Waals surface area contributed by atoms with E-state index in [0.717, 1.165) is 11.1 Å². The molecule has 1 radical (unpaired) electrons. The molecule has 0 spiro atoms. The van der Waals surface area contributed by atoms with Crippen LogP contribution in [0.15, 0.2) is 48.5 Å². The van der Waals surface area contributed by atoms with Crippen molar-refractivity contribution < 1.29 is 13.3 Å². The lowest BCUT2D eigenvalue weighted by atomic mass is 9.95. The first-order chi connectivity index (χ1) is 10.2. The zero-order valence-corrected chi connectivity index (χ0v) is 13.9. The summed E-state index contributed by atoms with van der Waals surface area (Å²) < 4.78 is 16.8. The number of hydrogen-bond donors (Lipinski definition) is 0. The van der Waals surface area contributed by atoms with Crippen molar-refractivity contribution in [1.29, 1.82) is 0 Å². The van der Waals surface area contributed by atoms with Crippen LogP contribution in [0.5, 0.6) is 0 Å². The third-order valence-electron chi connectivity index (χ3n) is 3.49. The van der Waals surface area contributed by atoms with Gasteiger partial charge in [-0.3, -0.25) is 0 Å². The van der Waals surface area contributed by atoms with Crippen molar-refractivity contribution in [1.82, 2.24) is 0 Å². The lowest BCUT2D eigenvalue weighted by Gasteiger charge is -2.24. The Hall–Kier alpha value is -1.46. The predicted octanol–water partition coefficient (Wildman–Crippen LogP) is 3.69. The summed E-state index contributed by atoms with van der Waals surface area (Å²) in [6.45, 7) is 4.19. The fourth-order valence-electron chi connectivity index (χ4n) is 2.33. The Balaban J connectivity index is 2.45. The largest absolute Gasteiger partial charge is 0.577 e. The molecule has 0 amide bonds. The topological polar surface area (TPSA) is 27.7 Å². The molecule has 3 nitrogen and oxygen atoms in total. The van der Waals surface area contributed by atoms with Crippen LogP contribution in [0, 0.1) is 13.8 Å². The van der Waals surface area contributed by atoms with Gasteiger partial charge in [-0.1, -0.05) is 48.5 Å². The van der Waals surface area contributed by atoms with E-state index in [4.69, 9.17) is 13.3 Å². The molecular weight excluding hydrogens is 280 g/mol. The normalized spacial score (nSPS) is 11.3. The minimum atomic E-state index is -1.75. The molecule has 2 aromatic carbocycles. The minimum Gasteiger partial charge on any atom is -0.375 e. The number of aryl methyl sites for hydroxylation is 2. The maximum atomic E-state index is 6.14. The highest BCUT2D eigenvalue weighted by Gasteiger charge is 2.26. The van der Waals surface area contributed by atoms with E-state index in [1.165, 1.54) is 11.1 Å². The van der Waals surface area contributed by atoms with Gasteiger partial charge >= 0.3 is 9.53 Å². The van der Waals surface area contributed by atoms with Crippen LogP contribution in [0.1, 0.15) is 28.4 Å². The molecule has 0 bridgehead atoms. The van der Waals surface area contributed by atoms with Crippen LogP contribution >= 0.6 is 0 Å². The number of rotatable bonds is 6. The van der Waals surface area contributed by atoms with Crippen molar-refractivity contribution in [3.8, 4) is 0 Å². The average Bonchev–Trinajstić information content (AvgIpc) is 2.51. The average molecular weight is 301 g/mol. The van der Waals surface area contributed by atoms with Gasteiger partial charge < -0.3 is 13.3 Å². The molecule has 2 rings (SSSR count). The molecule has 4 heteroatoms. The number of benzene rings is 2. The van der Waals surface area contributed by atoms with Gasteiger partial charge in [0.2, 0.25) is 0 Å². The summed E-state index contributed by atoms with van der Waals surface area (Å²) in [4.78, 5) is 0. The first kappa shape index (κ1) is 15.9. The van der Waals surface area contributed by atoms with E-state index >= 15 is 0 Å². The van der Waals surface area contributed by atoms with Crippen molar-refractivity contribution in [3.63, 3.8) is 0 Å². The molecule has 0 aliphatic rings. The molecule has 21 heavy (non-hydrogen) atoms. The summed E-state index contributed by atoms with van der Waals surface area (Å²) in [7, 11) is 1.48. The second-order valence-corrected chi connectivity index (χ2v) is 6.42. The summed E-state index contributed by atoms with van der Waals surface area (Å²) in [6, 6.07) is 16.5. The van der Waals surface area contributed by atoms with Gasteiger partial charge in [-0.2, -0.15) is 0 Å². The molecule has 0 heterocycles. The third-order valence-corrected chi connectivity index (χ3v) is 4.58. The van der Waals surface area contributed by atoms with Gasteiger partial charge in [0.15, 0.2) is 0 Å². The summed E-state index contributed by atoms with van der Waals surface area (Å²) in [5.74, 6) is 0. The minimum absolute atomic E-state index is 0.179. The highest BCUT2D eigenvalue weighted by Crippen LogP contribution is 2.31. The van der Waals surface area contributed by atoms with Crippen LogP contribution in [0.2, 0.25) is 0 Å². The Morgan fingerprint density at radius 3 is 1.57 bits per heavy atom. The van der Waals surface area contributed by atoms with Crippen LogP contribution < -0.4 is 0 Å². The van der Waals surface area contributed by atoms with Crippen LogP contribution in [0.4, 0.5) is 0 Å². The quantitative estimate of drug-likeness (QED) is 0.762. The van der Waals surface area contributed by atoms with Gasteiger partial charge in [-0.15, -0.1) is 0 Å². The standard InChI is InChI=1S/C17H21O3Si/c1-13-9-5-7-11-15(13)17(20-21(18-3)19-4)16-12-8-6-10-14(16)2/h5-12,17H,1-4H3. The molecule has 2 aromatic rings. The van der Waals surface area contributed by atoms with E-state index in [1.807, 2.05) is 24.3 Å². The van der Waals surface area contributed by atoms with E-state index in [9.17, 15) is 0 Å². The lowest BCUT2D eigenvalue weighted by Crippen LogP contribution is -2.27. The fourth-order valence-corrected chi connectivity index (χ4v) is 3.14. The molecule has 0 atom stereocenters. The SMILES string of the molecule is CO[Si](OC)OC(c1ccccc1C)c1ccccc1C. The van der Waals surface area contributed by atoms with Crippen molar-refractivity contribution >= 4 is 9.53 Å². The Morgan fingerprint density at radius 2 is 1.19 bits per heavy atom. The van der Waals surface area contributed by atoms with Gasteiger partial charge in [0.1, 0.15) is 6.10 Å². The highest BCUT2D eigenvalue weighted by molar-refractivity contribution is 6.36. The second kappa shape index (κ2) is 7.52. The summed E-state index contributed by atoms with van der Waals surface area (Å²) in [5, 5.41) is 0. The zero-order valence-electron chi connectivity index (χ0n) is 12.9. The molecule has 0 saturated heterocycles. The van der Waals surface area contributed by atoms with E-state index in [1.54, 1.807) is 14.2 Å². The van der Waals surface area contributed by atoms with Crippen LogP contribution in [-0.4, -0.2) is 23.7 Å². The predicted molar refractivity (Wildman–Crippen MR) is 85.1 cm³/mol. The molecule has 111 valence electrons. The molecule has 0 unspecified atom stereocenters. The maximum absolute atomic E-state index is 6.14. The van der Waals surface area contributed by atoms with Gasteiger partial charge in [0.05, 0.1) is 0 Å². The summed E-state index contributed by atoms with van der Waals surface area (Å²) in [5.41, 5.74) is 4.67. The summed E-state index contributed by atoms with van der Waals surface area (Å²) >= 11 is 0. The van der Waals surface area contributed by atoms with Gasteiger partial charge in [-0.25, -0.2) is 0 Å². The zero-order chi connectivity index (χ0) is 15.2. The second-order valence-electron chi connectivity index (χ2n) is 4.87. The van der Waals surface area contributed by atoms with E-state index in [-0.39, 0.29) is 6.10 Å². The highest BCUT2D eigenvalue weighted by atomic mass is 28.3. The monoisotopic (exact) mass is 301 g/mol. The molecular formula is C17H21O3Si. The van der Waals surface area contributed by atoms with Crippen molar-refractivity contribution in [2.45, 2.75) is 20.0 Å². The van der Waals surface area contributed by atoms with Gasteiger partial charge in [0, 0.05) is 14.2 Å². The molecule has 0 saturated carbocycles. The van der Waals surface area contributed by atoms with Gasteiger partial charge in [-0.05, 0) is 36.1 Å². The van der Waals surface area contributed by atoms with Crippen molar-refractivity contribution in [2.75, 3.05) is 14.2 Å². The van der Waals surface area contributed by atoms with E-state index in [0.29, 0.717) is 0 Å². The van der Waals surface area contributed by atoms with Crippen LogP contribution in [-0.2, 0) is 13.3 Å². The molecule has 0 aliphatic heterocycles. The Labute approximate surface area is 128 Å². The number of hydrogen-bond acceptors (Lipinski definition) is 3. The third kappa shape index (κ3) is 3.80. The van der Waals surface area contributed by atoms with E-state index < -0.39 is 9.53 Å². The molecule has 0 aliphatic carbocycles. The van der Waals surface area contributed by atoms with E-state index in [2.05, 4.69) is 38.1 Å². The molecule has 0 aromatic heterocycles. The lowest BCUT2D eigenvalue weighted by molar-refractivity contribution is 0.104. The first-order valence-corrected chi connectivity index (χ1v) is 8.12. The Kier molecular flexibility index (Phi) is 5.70. The first-order valence-electron chi connectivity index (χ1n) is 6.90. The Morgan fingerprint density at radius 1 is 0.762 bits per heavy atom. The molecule has 0 N–H and O–H groups in total. The van der Waals surface area contributed by atoms with Crippen molar-refractivity contribution in [3.05, 3.63) is 70.8 Å². The van der Waals surface area contributed by atoms with Crippen LogP contribution in [0.3, 0.4) is 0 Å². The van der Waals surface area contributed by atoms with Crippen molar-refractivity contribution in [2.24, 2.45) is 0 Å². The molecule has 0 fully saturated rings. The fraction of sp³-hybridized carbons (Fsp3) is 0.294. The van der Waals surface area contributed by atoms with Gasteiger partial charge in [0.25, 0.3) is 0 Å². The smallest absolute Gasteiger partial charge is 0.375 e.